The Kier molecular flexibility index (Phi) is 4.45. The molecule has 3 aromatic rings. The van der Waals surface area contributed by atoms with Gasteiger partial charge in [0.15, 0.2) is 0 Å². The fourth-order valence-electron chi connectivity index (χ4n) is 2.79. The molecule has 0 unspecified atom stereocenters. The number of hydrogen-bond acceptors (Lipinski definition) is 5. The molecular formula is C19H16FN3O3. The maximum atomic E-state index is 13.3. The summed E-state index contributed by atoms with van der Waals surface area (Å²) in [6.45, 7) is 2.33. The van der Waals surface area contributed by atoms with Gasteiger partial charge in [0.1, 0.15) is 5.82 Å². The molecule has 132 valence electrons. The fraction of sp³-hybridized carbons (Fsp3) is 0.211. The predicted molar refractivity (Wildman–Crippen MR) is 91.9 cm³/mol. The maximum absolute atomic E-state index is 13.3. The van der Waals surface area contributed by atoms with E-state index >= 15 is 0 Å². The first-order chi connectivity index (χ1) is 12.7. The first-order valence-electron chi connectivity index (χ1n) is 8.28. The number of benzene rings is 2. The number of aromatic nitrogens is 2. The predicted octanol–water partition coefficient (Wildman–Crippen LogP) is 3.02. The summed E-state index contributed by atoms with van der Waals surface area (Å²) >= 11 is 0. The van der Waals surface area contributed by atoms with E-state index in [1.165, 1.54) is 12.1 Å². The summed E-state index contributed by atoms with van der Waals surface area (Å²) in [6.07, 6.45) is 0. The molecule has 1 amide bonds. The van der Waals surface area contributed by atoms with Crippen molar-refractivity contribution >= 4 is 5.91 Å². The van der Waals surface area contributed by atoms with E-state index in [1.54, 1.807) is 41.3 Å². The molecule has 2 aromatic carbocycles. The molecule has 1 aromatic heterocycles. The number of amides is 1. The van der Waals surface area contributed by atoms with Crippen LogP contribution in [0.4, 0.5) is 4.39 Å². The highest BCUT2D eigenvalue weighted by molar-refractivity contribution is 5.94. The second-order valence-corrected chi connectivity index (χ2v) is 5.92. The van der Waals surface area contributed by atoms with Crippen LogP contribution in [0.5, 0.6) is 0 Å². The Morgan fingerprint density at radius 3 is 2.54 bits per heavy atom. The van der Waals surface area contributed by atoms with Crippen LogP contribution in [-0.4, -0.2) is 47.3 Å². The quantitative estimate of drug-likeness (QED) is 0.724. The molecule has 0 bridgehead atoms. The summed E-state index contributed by atoms with van der Waals surface area (Å²) in [7, 11) is 0. The Bertz CT molecular complexity index is 918. The number of ether oxygens (including phenoxy) is 1. The number of morpholine rings is 1. The molecule has 1 aliphatic heterocycles. The molecule has 26 heavy (non-hydrogen) atoms. The van der Waals surface area contributed by atoms with E-state index in [-0.39, 0.29) is 11.7 Å². The van der Waals surface area contributed by atoms with Crippen LogP contribution >= 0.6 is 0 Å². The van der Waals surface area contributed by atoms with Gasteiger partial charge in [0.05, 0.1) is 13.2 Å². The van der Waals surface area contributed by atoms with Gasteiger partial charge in [0.25, 0.3) is 11.8 Å². The second kappa shape index (κ2) is 7.05. The molecule has 0 saturated carbocycles. The van der Waals surface area contributed by atoms with Crippen molar-refractivity contribution in [1.82, 2.24) is 15.0 Å². The van der Waals surface area contributed by atoms with Gasteiger partial charge in [-0.2, -0.15) is 4.98 Å². The van der Waals surface area contributed by atoms with Gasteiger partial charge in [-0.25, -0.2) is 4.39 Å². The number of halogens is 1. The highest BCUT2D eigenvalue weighted by atomic mass is 19.1. The summed E-state index contributed by atoms with van der Waals surface area (Å²) in [5, 5.41) is 3.89. The van der Waals surface area contributed by atoms with E-state index in [2.05, 4.69) is 10.1 Å². The topological polar surface area (TPSA) is 68.5 Å². The normalized spacial score (nSPS) is 14.4. The van der Waals surface area contributed by atoms with Crippen LogP contribution in [-0.2, 0) is 4.74 Å². The van der Waals surface area contributed by atoms with Gasteiger partial charge < -0.3 is 14.2 Å². The third kappa shape index (κ3) is 3.34. The Morgan fingerprint density at radius 2 is 1.81 bits per heavy atom. The van der Waals surface area contributed by atoms with E-state index in [9.17, 15) is 9.18 Å². The molecule has 0 radical (unpaired) electrons. The number of hydrogen-bond donors (Lipinski definition) is 0. The van der Waals surface area contributed by atoms with Crippen LogP contribution < -0.4 is 0 Å². The van der Waals surface area contributed by atoms with Crippen LogP contribution in [0.3, 0.4) is 0 Å². The van der Waals surface area contributed by atoms with E-state index in [4.69, 9.17) is 9.26 Å². The zero-order valence-electron chi connectivity index (χ0n) is 13.9. The number of carbonyl (C=O) groups is 1. The number of rotatable bonds is 3. The van der Waals surface area contributed by atoms with Gasteiger partial charge in [0, 0.05) is 29.8 Å². The average molecular weight is 353 g/mol. The van der Waals surface area contributed by atoms with Crippen LogP contribution in [0, 0.1) is 5.82 Å². The maximum Gasteiger partial charge on any atom is 0.258 e. The summed E-state index contributed by atoms with van der Waals surface area (Å²) in [5.74, 6) is 0.244. The molecule has 7 heteroatoms. The lowest BCUT2D eigenvalue weighted by Crippen LogP contribution is -2.40. The van der Waals surface area contributed by atoms with Crippen LogP contribution in [0.1, 0.15) is 10.4 Å². The third-order valence-electron chi connectivity index (χ3n) is 4.19. The third-order valence-corrected chi connectivity index (χ3v) is 4.19. The van der Waals surface area contributed by atoms with Gasteiger partial charge in [-0.1, -0.05) is 17.3 Å². The van der Waals surface area contributed by atoms with Gasteiger partial charge >= 0.3 is 0 Å². The van der Waals surface area contributed by atoms with Crippen molar-refractivity contribution in [2.45, 2.75) is 0 Å². The Labute approximate surface area is 149 Å². The van der Waals surface area contributed by atoms with Crippen molar-refractivity contribution in [2.75, 3.05) is 26.3 Å². The van der Waals surface area contributed by atoms with E-state index < -0.39 is 0 Å². The van der Waals surface area contributed by atoms with Crippen LogP contribution in [0.2, 0.25) is 0 Å². The fourth-order valence-corrected chi connectivity index (χ4v) is 2.79. The minimum Gasteiger partial charge on any atom is -0.378 e. The van der Waals surface area contributed by atoms with Crippen molar-refractivity contribution < 1.29 is 18.4 Å². The molecule has 6 nitrogen and oxygen atoms in total. The molecule has 1 aliphatic rings. The smallest absolute Gasteiger partial charge is 0.258 e. The van der Waals surface area contributed by atoms with Crippen molar-refractivity contribution in [3.63, 3.8) is 0 Å². The highest BCUT2D eigenvalue weighted by Gasteiger charge is 2.19. The summed E-state index contributed by atoms with van der Waals surface area (Å²) < 4.78 is 23.9. The van der Waals surface area contributed by atoms with Crippen molar-refractivity contribution in [1.29, 1.82) is 0 Å². The minimum atomic E-state index is -0.361. The van der Waals surface area contributed by atoms with Gasteiger partial charge in [-0.3, -0.25) is 4.79 Å². The highest BCUT2D eigenvalue weighted by Crippen LogP contribution is 2.23. The van der Waals surface area contributed by atoms with Crippen molar-refractivity contribution in [3.8, 4) is 22.8 Å². The Morgan fingerprint density at radius 1 is 1.04 bits per heavy atom. The molecule has 0 N–H and O–H groups in total. The summed E-state index contributed by atoms with van der Waals surface area (Å²) in [5.41, 5.74) is 1.83. The molecule has 0 spiro atoms. The monoisotopic (exact) mass is 353 g/mol. The largest absolute Gasteiger partial charge is 0.378 e. The summed E-state index contributed by atoms with van der Waals surface area (Å²) in [6, 6.07) is 13.0. The van der Waals surface area contributed by atoms with E-state index in [0.717, 1.165) is 0 Å². The Balaban J connectivity index is 1.53. The Hall–Kier alpha value is -3.06. The lowest BCUT2D eigenvalue weighted by molar-refractivity contribution is 0.0303. The van der Waals surface area contributed by atoms with Crippen molar-refractivity contribution in [2.24, 2.45) is 0 Å². The second-order valence-electron chi connectivity index (χ2n) is 5.92. The van der Waals surface area contributed by atoms with Gasteiger partial charge in [-0.05, 0) is 36.4 Å². The number of nitrogens with zero attached hydrogens (tertiary/aromatic N) is 3. The first-order valence-corrected chi connectivity index (χ1v) is 8.28. The lowest BCUT2D eigenvalue weighted by atomic mass is 10.1. The van der Waals surface area contributed by atoms with E-state index in [0.29, 0.717) is 54.7 Å². The summed E-state index contributed by atoms with van der Waals surface area (Å²) in [4.78, 5) is 18.5. The van der Waals surface area contributed by atoms with Crippen LogP contribution in [0.15, 0.2) is 53.1 Å². The molecule has 0 aliphatic carbocycles. The SMILES string of the molecule is O=C(c1ccc(-c2nc(-c3cccc(F)c3)no2)cc1)N1CCOCC1. The molecular weight excluding hydrogens is 337 g/mol. The molecule has 1 saturated heterocycles. The van der Waals surface area contributed by atoms with Gasteiger partial charge in [0.2, 0.25) is 5.82 Å². The van der Waals surface area contributed by atoms with E-state index in [1.807, 2.05) is 0 Å². The van der Waals surface area contributed by atoms with Crippen LogP contribution in [0.25, 0.3) is 22.8 Å². The first kappa shape index (κ1) is 16.4. The zero-order chi connectivity index (χ0) is 17.9. The zero-order valence-corrected chi connectivity index (χ0v) is 13.9. The number of carbonyl (C=O) groups excluding carboxylic acids is 1. The lowest BCUT2D eigenvalue weighted by Gasteiger charge is -2.26. The standard InChI is InChI=1S/C19H16FN3O3/c20-16-3-1-2-15(12-16)17-21-18(26-22-17)13-4-6-14(7-5-13)19(24)23-8-10-25-11-9-23/h1-7,12H,8-11H2. The van der Waals surface area contributed by atoms with Gasteiger partial charge in [-0.15, -0.1) is 0 Å². The average Bonchev–Trinajstić information content (AvgIpc) is 3.18. The molecule has 0 atom stereocenters. The molecule has 2 heterocycles. The molecule has 4 rings (SSSR count). The van der Waals surface area contributed by atoms with Crippen molar-refractivity contribution in [3.05, 3.63) is 59.9 Å². The minimum absolute atomic E-state index is 0.0224. The molecule has 1 fully saturated rings.